The van der Waals surface area contributed by atoms with Crippen molar-refractivity contribution in [1.82, 2.24) is 9.88 Å². The van der Waals surface area contributed by atoms with Gasteiger partial charge in [0.15, 0.2) is 15.0 Å². The third kappa shape index (κ3) is 6.70. The third-order valence-corrected chi connectivity index (χ3v) is 8.22. The molecule has 0 radical (unpaired) electrons. The first-order valence-electron chi connectivity index (χ1n) is 10.6. The largest absolute Gasteiger partial charge is 0.302 e. The number of halogens is 1. The first-order valence-corrected chi connectivity index (χ1v) is 14.3. The maximum atomic E-state index is 13.6. The average Bonchev–Trinajstić information content (AvgIpc) is 3.20. The molecule has 3 rings (SSSR count). The molecule has 180 valence electrons. The van der Waals surface area contributed by atoms with Crippen LogP contribution in [0, 0.1) is 0 Å². The second-order valence-corrected chi connectivity index (χ2v) is 11.6. The Morgan fingerprint density at radius 2 is 1.76 bits per heavy atom. The first-order chi connectivity index (χ1) is 15.3. The van der Waals surface area contributed by atoms with Gasteiger partial charge < -0.3 is 4.90 Å². The van der Waals surface area contributed by atoms with Crippen molar-refractivity contribution < 1.29 is 13.2 Å². The van der Waals surface area contributed by atoms with Crippen molar-refractivity contribution in [2.45, 2.75) is 30.6 Å². The zero-order chi connectivity index (χ0) is 23.3. The van der Waals surface area contributed by atoms with Crippen LogP contribution in [-0.2, 0) is 9.84 Å². The van der Waals surface area contributed by atoms with E-state index in [1.165, 1.54) is 17.6 Å². The van der Waals surface area contributed by atoms with Crippen LogP contribution >= 0.6 is 35.5 Å². The summed E-state index contributed by atoms with van der Waals surface area (Å²) < 4.78 is 25.2. The molecular weight excluding hydrogens is 498 g/mol. The summed E-state index contributed by atoms with van der Waals surface area (Å²) in [5.74, 6) is 0.797. The van der Waals surface area contributed by atoms with Gasteiger partial charge >= 0.3 is 0 Å². The van der Waals surface area contributed by atoms with Gasteiger partial charge in [-0.15, -0.1) is 24.2 Å². The standard InChI is InChI=1S/C23H29N3O3S3.ClH/c1-5-25(6-2)14-15-26(22(27)17-10-8-11-18(16-17)30-7-3)23-24-21-19(31-23)12-9-13-20(21)32(4,28)29;/h8-13,16H,5-7,14-15H2,1-4H3;1H. The Labute approximate surface area is 210 Å². The molecule has 1 heterocycles. The quantitative estimate of drug-likeness (QED) is 0.336. The van der Waals surface area contributed by atoms with E-state index in [1.54, 1.807) is 28.8 Å². The van der Waals surface area contributed by atoms with Crippen molar-refractivity contribution in [3.8, 4) is 0 Å². The highest BCUT2D eigenvalue weighted by Gasteiger charge is 2.24. The minimum atomic E-state index is -3.43. The fourth-order valence-corrected chi connectivity index (χ4v) is 6.07. The predicted molar refractivity (Wildman–Crippen MR) is 142 cm³/mol. The second kappa shape index (κ2) is 12.2. The second-order valence-electron chi connectivity index (χ2n) is 7.32. The van der Waals surface area contributed by atoms with E-state index in [1.807, 2.05) is 30.3 Å². The predicted octanol–water partition coefficient (Wildman–Crippen LogP) is 5.22. The molecule has 2 aromatic carbocycles. The number of likely N-dealkylation sites (N-methyl/N-ethyl adjacent to an activating group) is 1. The number of thioether (sulfide) groups is 1. The number of amides is 1. The smallest absolute Gasteiger partial charge is 0.260 e. The zero-order valence-corrected chi connectivity index (χ0v) is 22.5. The van der Waals surface area contributed by atoms with Crippen molar-refractivity contribution in [2.75, 3.05) is 43.1 Å². The van der Waals surface area contributed by atoms with Gasteiger partial charge in [-0.05, 0) is 49.2 Å². The molecule has 1 aromatic heterocycles. The van der Waals surface area contributed by atoms with E-state index in [0.717, 1.165) is 28.4 Å². The Morgan fingerprint density at radius 3 is 2.39 bits per heavy atom. The summed E-state index contributed by atoms with van der Waals surface area (Å²) in [6.45, 7) is 9.22. The summed E-state index contributed by atoms with van der Waals surface area (Å²) in [6, 6.07) is 12.8. The number of benzene rings is 2. The number of nitrogens with zero attached hydrogens (tertiary/aromatic N) is 3. The Balaban J connectivity index is 0.00000385. The van der Waals surface area contributed by atoms with Crippen molar-refractivity contribution >= 4 is 66.6 Å². The van der Waals surface area contributed by atoms with Crippen molar-refractivity contribution in [2.24, 2.45) is 0 Å². The molecule has 0 saturated carbocycles. The number of rotatable bonds is 10. The van der Waals surface area contributed by atoms with Gasteiger partial charge in [0.1, 0.15) is 5.52 Å². The Bertz CT molecular complexity index is 1190. The minimum absolute atomic E-state index is 0. The van der Waals surface area contributed by atoms with E-state index in [2.05, 4.69) is 30.7 Å². The summed E-state index contributed by atoms with van der Waals surface area (Å²) in [6.07, 6.45) is 1.18. The van der Waals surface area contributed by atoms with E-state index in [9.17, 15) is 13.2 Å². The van der Waals surface area contributed by atoms with Gasteiger partial charge in [-0.3, -0.25) is 9.69 Å². The highest BCUT2D eigenvalue weighted by atomic mass is 35.5. The number of aromatic nitrogens is 1. The number of para-hydroxylation sites is 1. The normalized spacial score (nSPS) is 11.5. The maximum Gasteiger partial charge on any atom is 0.260 e. The van der Waals surface area contributed by atoms with Gasteiger partial charge in [0.2, 0.25) is 0 Å². The number of carbonyl (C=O) groups excluding carboxylic acids is 1. The van der Waals surface area contributed by atoms with Crippen LogP contribution in [0.3, 0.4) is 0 Å². The molecule has 0 aliphatic heterocycles. The molecule has 0 unspecified atom stereocenters. The minimum Gasteiger partial charge on any atom is -0.302 e. The monoisotopic (exact) mass is 527 g/mol. The Hall–Kier alpha value is -1.65. The lowest BCUT2D eigenvalue weighted by molar-refractivity contribution is 0.0983. The van der Waals surface area contributed by atoms with Crippen LogP contribution < -0.4 is 4.90 Å². The summed E-state index contributed by atoms with van der Waals surface area (Å²) in [7, 11) is -3.43. The van der Waals surface area contributed by atoms with Crippen LogP contribution in [0.15, 0.2) is 52.3 Å². The number of hydrogen-bond donors (Lipinski definition) is 0. The van der Waals surface area contributed by atoms with Gasteiger partial charge in [0.25, 0.3) is 5.91 Å². The van der Waals surface area contributed by atoms with Gasteiger partial charge in [-0.2, -0.15) is 0 Å². The van der Waals surface area contributed by atoms with Crippen molar-refractivity contribution in [1.29, 1.82) is 0 Å². The Kier molecular flexibility index (Phi) is 10.2. The number of sulfone groups is 1. The van der Waals surface area contributed by atoms with E-state index in [-0.39, 0.29) is 23.2 Å². The zero-order valence-electron chi connectivity index (χ0n) is 19.3. The van der Waals surface area contributed by atoms with Crippen molar-refractivity contribution in [3.05, 3.63) is 48.0 Å². The molecule has 10 heteroatoms. The number of thiazole rings is 1. The lowest BCUT2D eigenvalue weighted by atomic mass is 10.2. The maximum absolute atomic E-state index is 13.6. The number of carbonyl (C=O) groups is 1. The van der Waals surface area contributed by atoms with Crippen LogP contribution in [0.1, 0.15) is 31.1 Å². The van der Waals surface area contributed by atoms with Gasteiger partial charge in [-0.25, -0.2) is 13.4 Å². The number of fused-ring (bicyclic) bond motifs is 1. The summed E-state index contributed by atoms with van der Waals surface area (Å²) >= 11 is 3.04. The molecule has 0 bridgehead atoms. The lowest BCUT2D eigenvalue weighted by Crippen LogP contribution is -2.38. The fraction of sp³-hybridized carbons (Fsp3) is 0.391. The van der Waals surface area contributed by atoms with Crippen LogP contribution in [0.2, 0.25) is 0 Å². The van der Waals surface area contributed by atoms with Crippen LogP contribution in [0.5, 0.6) is 0 Å². The molecule has 6 nitrogen and oxygen atoms in total. The lowest BCUT2D eigenvalue weighted by Gasteiger charge is -2.25. The molecule has 0 N–H and O–H groups in total. The van der Waals surface area contributed by atoms with Gasteiger partial charge in [0.05, 0.1) is 9.60 Å². The van der Waals surface area contributed by atoms with E-state index in [4.69, 9.17) is 0 Å². The Morgan fingerprint density at radius 1 is 1.06 bits per heavy atom. The molecule has 0 aliphatic carbocycles. The van der Waals surface area contributed by atoms with Crippen LogP contribution in [0.25, 0.3) is 10.2 Å². The van der Waals surface area contributed by atoms with Crippen LogP contribution in [0.4, 0.5) is 5.13 Å². The molecule has 0 fully saturated rings. The third-order valence-electron chi connectivity index (χ3n) is 5.17. The molecule has 0 saturated heterocycles. The van der Waals surface area contributed by atoms with E-state index in [0.29, 0.717) is 29.3 Å². The highest BCUT2D eigenvalue weighted by Crippen LogP contribution is 2.33. The van der Waals surface area contributed by atoms with E-state index < -0.39 is 9.84 Å². The summed E-state index contributed by atoms with van der Waals surface area (Å²) in [5, 5.41) is 0.516. The SMILES string of the molecule is CCSc1cccc(C(=O)N(CCN(CC)CC)c2nc3c(S(C)(=O)=O)cccc3s2)c1.Cl. The molecule has 0 aliphatic rings. The fourth-order valence-electron chi connectivity index (χ4n) is 3.43. The molecular formula is C23H30ClN3O3S3. The summed E-state index contributed by atoms with van der Waals surface area (Å²) in [4.78, 5) is 23.4. The molecule has 3 aromatic rings. The molecule has 0 spiro atoms. The topological polar surface area (TPSA) is 70.6 Å². The average molecular weight is 528 g/mol. The number of hydrogen-bond acceptors (Lipinski definition) is 7. The van der Waals surface area contributed by atoms with E-state index >= 15 is 0 Å². The highest BCUT2D eigenvalue weighted by molar-refractivity contribution is 7.99. The molecule has 0 atom stereocenters. The molecule has 33 heavy (non-hydrogen) atoms. The van der Waals surface area contributed by atoms with Crippen molar-refractivity contribution in [3.63, 3.8) is 0 Å². The molecule has 1 amide bonds. The van der Waals surface area contributed by atoms with Gasteiger partial charge in [0, 0.05) is 29.8 Å². The first kappa shape index (κ1) is 27.6. The number of anilines is 1. The van der Waals surface area contributed by atoms with Crippen LogP contribution in [-0.4, -0.2) is 62.4 Å². The summed E-state index contributed by atoms with van der Waals surface area (Å²) in [5.41, 5.74) is 1.02. The van der Waals surface area contributed by atoms with Gasteiger partial charge in [-0.1, -0.05) is 44.2 Å².